The van der Waals surface area contributed by atoms with Gasteiger partial charge in [0.05, 0.1) is 5.41 Å². The zero-order valence-corrected chi connectivity index (χ0v) is 10.1. The zero-order valence-electron chi connectivity index (χ0n) is 10.1. The SMILES string of the molecule is Cc1cc(CC(C)(C)C(=O)O)c(C)cc1F. The molecule has 1 rings (SSSR count). The number of aryl methyl sites for hydroxylation is 2. The number of carboxylic acids is 1. The van der Waals surface area contributed by atoms with Gasteiger partial charge in [-0.15, -0.1) is 0 Å². The topological polar surface area (TPSA) is 37.3 Å². The third kappa shape index (κ3) is 2.60. The van der Waals surface area contributed by atoms with Crippen LogP contribution in [0.1, 0.15) is 30.5 Å². The second-order valence-corrected chi connectivity index (χ2v) is 4.89. The van der Waals surface area contributed by atoms with E-state index in [0.29, 0.717) is 12.0 Å². The second kappa shape index (κ2) is 4.24. The summed E-state index contributed by atoms with van der Waals surface area (Å²) in [6, 6.07) is 3.19. The van der Waals surface area contributed by atoms with E-state index in [1.165, 1.54) is 6.07 Å². The molecule has 16 heavy (non-hydrogen) atoms. The van der Waals surface area contributed by atoms with E-state index in [2.05, 4.69) is 0 Å². The molecular formula is C13H17FO2. The number of benzene rings is 1. The van der Waals surface area contributed by atoms with Crippen LogP contribution < -0.4 is 0 Å². The highest BCUT2D eigenvalue weighted by atomic mass is 19.1. The van der Waals surface area contributed by atoms with Gasteiger partial charge in [-0.25, -0.2) is 4.39 Å². The second-order valence-electron chi connectivity index (χ2n) is 4.89. The van der Waals surface area contributed by atoms with Crippen LogP contribution in [0.5, 0.6) is 0 Å². The lowest BCUT2D eigenvalue weighted by atomic mass is 9.84. The van der Waals surface area contributed by atoms with Crippen LogP contribution in [0.15, 0.2) is 12.1 Å². The largest absolute Gasteiger partial charge is 0.481 e. The number of carboxylic acid groups (broad SMARTS) is 1. The van der Waals surface area contributed by atoms with Crippen molar-refractivity contribution in [1.82, 2.24) is 0 Å². The first kappa shape index (κ1) is 12.7. The van der Waals surface area contributed by atoms with Gasteiger partial charge in [-0.05, 0) is 56.9 Å². The van der Waals surface area contributed by atoms with Crippen molar-refractivity contribution in [2.45, 2.75) is 34.1 Å². The molecular weight excluding hydrogens is 207 g/mol. The molecule has 0 aliphatic rings. The molecule has 0 spiro atoms. The summed E-state index contributed by atoms with van der Waals surface area (Å²) in [5.41, 5.74) is 1.43. The van der Waals surface area contributed by atoms with Gasteiger partial charge in [0.15, 0.2) is 0 Å². The first-order valence-corrected chi connectivity index (χ1v) is 5.23. The third-order valence-corrected chi connectivity index (χ3v) is 2.83. The minimum Gasteiger partial charge on any atom is -0.481 e. The van der Waals surface area contributed by atoms with Gasteiger partial charge in [0.25, 0.3) is 0 Å². The summed E-state index contributed by atoms with van der Waals surface area (Å²) >= 11 is 0. The van der Waals surface area contributed by atoms with Crippen molar-refractivity contribution in [1.29, 1.82) is 0 Å². The molecule has 0 heterocycles. The van der Waals surface area contributed by atoms with Crippen LogP contribution in [-0.4, -0.2) is 11.1 Å². The first-order valence-electron chi connectivity index (χ1n) is 5.23. The van der Waals surface area contributed by atoms with E-state index >= 15 is 0 Å². The Balaban J connectivity index is 3.07. The lowest BCUT2D eigenvalue weighted by Gasteiger charge is -2.20. The Kier molecular flexibility index (Phi) is 3.36. The Hall–Kier alpha value is -1.38. The lowest BCUT2D eigenvalue weighted by Crippen LogP contribution is -2.26. The Morgan fingerprint density at radius 2 is 1.88 bits per heavy atom. The van der Waals surface area contributed by atoms with Crippen molar-refractivity contribution in [3.8, 4) is 0 Å². The normalized spacial score (nSPS) is 11.6. The molecule has 0 unspecified atom stereocenters. The van der Waals surface area contributed by atoms with Gasteiger partial charge in [0, 0.05) is 0 Å². The van der Waals surface area contributed by atoms with Crippen molar-refractivity contribution in [2.24, 2.45) is 5.41 Å². The van der Waals surface area contributed by atoms with Crippen LogP contribution in [0.4, 0.5) is 4.39 Å². The van der Waals surface area contributed by atoms with Gasteiger partial charge >= 0.3 is 5.97 Å². The summed E-state index contributed by atoms with van der Waals surface area (Å²) in [6.07, 6.45) is 0.412. The third-order valence-electron chi connectivity index (χ3n) is 2.83. The number of aliphatic carboxylic acids is 1. The maximum atomic E-state index is 13.2. The number of hydrogen-bond donors (Lipinski definition) is 1. The van der Waals surface area contributed by atoms with Crippen molar-refractivity contribution in [3.05, 3.63) is 34.6 Å². The predicted octanol–water partition coefficient (Wildman–Crippen LogP) is 3.10. The van der Waals surface area contributed by atoms with Crippen LogP contribution in [0.3, 0.4) is 0 Å². The summed E-state index contributed by atoms with van der Waals surface area (Å²) < 4.78 is 13.2. The molecule has 1 aromatic carbocycles. The van der Waals surface area contributed by atoms with Crippen molar-refractivity contribution in [2.75, 3.05) is 0 Å². The average molecular weight is 224 g/mol. The van der Waals surface area contributed by atoms with Gasteiger partial charge in [-0.2, -0.15) is 0 Å². The Morgan fingerprint density at radius 3 is 2.38 bits per heavy atom. The van der Waals surface area contributed by atoms with Gasteiger partial charge in [0.1, 0.15) is 5.82 Å². The van der Waals surface area contributed by atoms with E-state index < -0.39 is 11.4 Å². The molecule has 0 atom stereocenters. The Labute approximate surface area is 95.1 Å². The van der Waals surface area contributed by atoms with Gasteiger partial charge < -0.3 is 5.11 Å². The fourth-order valence-corrected chi connectivity index (χ4v) is 1.58. The van der Waals surface area contributed by atoms with Crippen molar-refractivity contribution >= 4 is 5.97 Å². The molecule has 0 aliphatic carbocycles. The van der Waals surface area contributed by atoms with Crippen LogP contribution in [0, 0.1) is 25.1 Å². The van der Waals surface area contributed by atoms with E-state index in [1.807, 2.05) is 0 Å². The lowest BCUT2D eigenvalue weighted by molar-refractivity contribution is -0.146. The highest BCUT2D eigenvalue weighted by Crippen LogP contribution is 2.25. The fraction of sp³-hybridized carbons (Fsp3) is 0.462. The molecule has 2 nitrogen and oxygen atoms in total. The number of rotatable bonds is 3. The summed E-state index contributed by atoms with van der Waals surface area (Å²) in [6.45, 7) is 6.84. The molecule has 0 fully saturated rings. The number of halogens is 1. The monoisotopic (exact) mass is 224 g/mol. The minimum absolute atomic E-state index is 0.241. The van der Waals surface area contributed by atoms with E-state index in [0.717, 1.165) is 11.1 Å². The highest BCUT2D eigenvalue weighted by Gasteiger charge is 2.28. The van der Waals surface area contributed by atoms with E-state index in [-0.39, 0.29) is 5.82 Å². The van der Waals surface area contributed by atoms with Crippen LogP contribution in [-0.2, 0) is 11.2 Å². The van der Waals surface area contributed by atoms with Gasteiger partial charge in [-0.1, -0.05) is 6.07 Å². The molecule has 0 bridgehead atoms. The number of carbonyl (C=O) groups is 1. The van der Waals surface area contributed by atoms with E-state index in [4.69, 9.17) is 5.11 Å². The minimum atomic E-state index is -0.839. The Bertz CT molecular complexity index is 422. The molecule has 0 saturated heterocycles. The molecule has 0 amide bonds. The first-order chi connectivity index (χ1) is 7.24. The predicted molar refractivity (Wildman–Crippen MR) is 61.0 cm³/mol. The highest BCUT2D eigenvalue weighted by molar-refractivity contribution is 5.74. The smallest absolute Gasteiger partial charge is 0.309 e. The van der Waals surface area contributed by atoms with Crippen LogP contribution >= 0.6 is 0 Å². The summed E-state index contributed by atoms with van der Waals surface area (Å²) in [7, 11) is 0. The quantitative estimate of drug-likeness (QED) is 0.856. The molecule has 3 heteroatoms. The van der Waals surface area contributed by atoms with Crippen LogP contribution in [0.25, 0.3) is 0 Å². The van der Waals surface area contributed by atoms with Gasteiger partial charge in [0.2, 0.25) is 0 Å². The maximum Gasteiger partial charge on any atom is 0.309 e. The maximum absolute atomic E-state index is 13.2. The summed E-state index contributed by atoms with van der Waals surface area (Å²) in [4.78, 5) is 11.0. The fourth-order valence-electron chi connectivity index (χ4n) is 1.58. The molecule has 0 aromatic heterocycles. The summed E-state index contributed by atoms with van der Waals surface area (Å²) in [5, 5.41) is 9.04. The molecule has 0 radical (unpaired) electrons. The average Bonchev–Trinajstić information content (AvgIpc) is 2.13. The molecule has 88 valence electrons. The summed E-state index contributed by atoms with van der Waals surface area (Å²) in [5.74, 6) is -1.08. The van der Waals surface area contributed by atoms with E-state index in [9.17, 15) is 9.18 Å². The van der Waals surface area contributed by atoms with Crippen LogP contribution in [0.2, 0.25) is 0 Å². The number of hydrogen-bond acceptors (Lipinski definition) is 1. The molecule has 0 aliphatic heterocycles. The zero-order chi connectivity index (χ0) is 12.5. The van der Waals surface area contributed by atoms with Gasteiger partial charge in [-0.3, -0.25) is 4.79 Å². The van der Waals surface area contributed by atoms with Crippen molar-refractivity contribution in [3.63, 3.8) is 0 Å². The molecule has 1 N–H and O–H groups in total. The molecule has 0 saturated carbocycles. The molecule has 1 aromatic rings. The van der Waals surface area contributed by atoms with Crippen molar-refractivity contribution < 1.29 is 14.3 Å². The Morgan fingerprint density at radius 1 is 1.31 bits per heavy atom. The van der Waals surface area contributed by atoms with E-state index in [1.54, 1.807) is 33.8 Å². The standard InChI is InChI=1S/C13H17FO2/c1-8-6-11(14)9(2)5-10(8)7-13(3,4)12(15)16/h5-6H,7H2,1-4H3,(H,15,16).